The molecule has 1 aromatic rings. The molecule has 0 radical (unpaired) electrons. The van der Waals surface area contributed by atoms with Crippen LogP contribution in [0.5, 0.6) is 0 Å². The lowest BCUT2D eigenvalue weighted by Crippen LogP contribution is -2.24. The van der Waals surface area contributed by atoms with Crippen LogP contribution in [0, 0.1) is 0 Å². The van der Waals surface area contributed by atoms with E-state index in [1.165, 1.54) is 6.07 Å². The van der Waals surface area contributed by atoms with Gasteiger partial charge in [0.15, 0.2) is 0 Å². The van der Waals surface area contributed by atoms with Crippen LogP contribution in [0.3, 0.4) is 0 Å². The average molecular weight is 253 g/mol. The predicted octanol–water partition coefficient (Wildman–Crippen LogP) is 0.150. The number of aliphatic hydroxyl groups is 2. The highest BCUT2D eigenvalue weighted by atomic mass is 16.5. The van der Waals surface area contributed by atoms with Gasteiger partial charge in [0.1, 0.15) is 6.10 Å². The van der Waals surface area contributed by atoms with E-state index >= 15 is 0 Å². The minimum Gasteiger partial charge on any atom is -0.478 e. The van der Waals surface area contributed by atoms with Crippen molar-refractivity contribution in [3.8, 4) is 0 Å². The highest BCUT2D eigenvalue weighted by molar-refractivity contribution is 5.90. The highest BCUT2D eigenvalue weighted by Crippen LogP contribution is 2.35. The second-order valence-corrected chi connectivity index (χ2v) is 4.30. The van der Waals surface area contributed by atoms with Crippen LogP contribution in [-0.2, 0) is 4.74 Å². The average Bonchev–Trinajstić information content (AvgIpc) is 2.70. The van der Waals surface area contributed by atoms with Crippen LogP contribution in [-0.4, -0.2) is 40.1 Å². The fraction of sp³-hybridized carbons (Fsp3) is 0.417. The third-order valence-corrected chi connectivity index (χ3v) is 3.06. The van der Waals surface area contributed by atoms with E-state index in [-0.39, 0.29) is 18.6 Å². The van der Waals surface area contributed by atoms with Gasteiger partial charge < -0.3 is 25.8 Å². The number of anilines is 1. The van der Waals surface area contributed by atoms with Crippen LogP contribution in [0.25, 0.3) is 0 Å². The number of carboxylic acid groups (broad SMARTS) is 1. The summed E-state index contributed by atoms with van der Waals surface area (Å²) < 4.78 is 5.44. The number of aromatic carboxylic acids is 1. The van der Waals surface area contributed by atoms with Gasteiger partial charge in [0, 0.05) is 12.1 Å². The molecule has 0 unspecified atom stereocenters. The van der Waals surface area contributed by atoms with E-state index in [1.54, 1.807) is 12.1 Å². The van der Waals surface area contributed by atoms with Crippen LogP contribution in [0.15, 0.2) is 18.2 Å². The Kier molecular flexibility index (Phi) is 3.51. The number of rotatable bonds is 3. The van der Waals surface area contributed by atoms with Crippen LogP contribution >= 0.6 is 0 Å². The Morgan fingerprint density at radius 2 is 2.22 bits per heavy atom. The molecule has 1 aromatic carbocycles. The van der Waals surface area contributed by atoms with Crippen molar-refractivity contribution in [2.24, 2.45) is 0 Å². The molecule has 6 heteroatoms. The molecule has 2 rings (SSSR count). The smallest absolute Gasteiger partial charge is 0.336 e. The summed E-state index contributed by atoms with van der Waals surface area (Å²) >= 11 is 0. The zero-order valence-electron chi connectivity index (χ0n) is 9.61. The van der Waals surface area contributed by atoms with Gasteiger partial charge in [-0.05, 0) is 17.7 Å². The monoisotopic (exact) mass is 253 g/mol. The molecule has 0 aromatic heterocycles. The molecule has 1 aliphatic rings. The molecule has 0 saturated carbocycles. The molecule has 0 amide bonds. The lowest BCUT2D eigenvalue weighted by atomic mass is 9.98. The molecule has 1 fully saturated rings. The second-order valence-electron chi connectivity index (χ2n) is 4.30. The molecule has 98 valence electrons. The van der Waals surface area contributed by atoms with Crippen LogP contribution < -0.4 is 5.73 Å². The van der Waals surface area contributed by atoms with Crippen molar-refractivity contribution in [1.82, 2.24) is 0 Å². The van der Waals surface area contributed by atoms with Crippen LogP contribution in [0.2, 0.25) is 0 Å². The maximum Gasteiger partial charge on any atom is 0.336 e. The van der Waals surface area contributed by atoms with E-state index in [0.29, 0.717) is 11.3 Å². The number of benzene rings is 1. The molecule has 1 aliphatic heterocycles. The van der Waals surface area contributed by atoms with Gasteiger partial charge in [-0.25, -0.2) is 4.79 Å². The zero-order chi connectivity index (χ0) is 13.3. The summed E-state index contributed by atoms with van der Waals surface area (Å²) in [6.45, 7) is -0.297. The first-order valence-electron chi connectivity index (χ1n) is 5.60. The van der Waals surface area contributed by atoms with Crippen molar-refractivity contribution < 1.29 is 24.9 Å². The molecule has 0 bridgehead atoms. The summed E-state index contributed by atoms with van der Waals surface area (Å²) in [6.07, 6.45) is -1.74. The van der Waals surface area contributed by atoms with Crippen molar-refractivity contribution in [2.75, 3.05) is 12.3 Å². The molecule has 0 spiro atoms. The van der Waals surface area contributed by atoms with Gasteiger partial charge in [0.2, 0.25) is 0 Å². The van der Waals surface area contributed by atoms with Crippen LogP contribution in [0.1, 0.15) is 28.4 Å². The summed E-state index contributed by atoms with van der Waals surface area (Å²) in [5.41, 5.74) is 6.43. The van der Waals surface area contributed by atoms with Gasteiger partial charge in [-0.2, -0.15) is 0 Å². The molecule has 1 saturated heterocycles. The first-order valence-corrected chi connectivity index (χ1v) is 5.60. The maximum absolute atomic E-state index is 11.1. The molecule has 3 atom stereocenters. The lowest BCUT2D eigenvalue weighted by Gasteiger charge is -2.14. The number of carboxylic acids is 1. The quantitative estimate of drug-likeness (QED) is 0.570. The Hall–Kier alpha value is -1.63. The molecule has 0 aliphatic carbocycles. The van der Waals surface area contributed by atoms with E-state index in [2.05, 4.69) is 0 Å². The second kappa shape index (κ2) is 4.93. The SMILES string of the molecule is Nc1ccc([C@H]2C[C@H](O)[C@@H](CO)O2)c(C(=O)O)c1. The van der Waals surface area contributed by atoms with Gasteiger partial charge in [0.25, 0.3) is 0 Å². The Labute approximate surface area is 104 Å². The zero-order valence-corrected chi connectivity index (χ0v) is 9.61. The molecular formula is C12H15NO5. The van der Waals surface area contributed by atoms with Crippen LogP contribution in [0.4, 0.5) is 5.69 Å². The van der Waals surface area contributed by atoms with E-state index in [1.807, 2.05) is 0 Å². The van der Waals surface area contributed by atoms with E-state index in [4.69, 9.17) is 20.7 Å². The summed E-state index contributed by atoms with van der Waals surface area (Å²) in [5.74, 6) is -1.09. The van der Waals surface area contributed by atoms with Crippen molar-refractivity contribution in [1.29, 1.82) is 0 Å². The normalized spacial score (nSPS) is 27.3. The third-order valence-electron chi connectivity index (χ3n) is 3.06. The van der Waals surface area contributed by atoms with Gasteiger partial charge in [-0.1, -0.05) is 6.07 Å². The Morgan fingerprint density at radius 3 is 2.78 bits per heavy atom. The first-order chi connectivity index (χ1) is 8.52. The number of carbonyl (C=O) groups is 1. The maximum atomic E-state index is 11.1. The van der Waals surface area contributed by atoms with Gasteiger partial charge in [-0.3, -0.25) is 0 Å². The number of aliphatic hydroxyl groups excluding tert-OH is 2. The van der Waals surface area contributed by atoms with E-state index < -0.39 is 24.3 Å². The number of nitrogens with two attached hydrogens (primary N) is 1. The minimum absolute atomic E-state index is 0.0609. The molecule has 6 nitrogen and oxygen atoms in total. The standard InChI is InChI=1S/C12H15NO5/c13-6-1-2-7(8(3-6)12(16)17)10-4-9(15)11(5-14)18-10/h1-3,9-11,14-15H,4-5,13H2,(H,16,17)/t9-,10+,11+/m0/s1. The largest absolute Gasteiger partial charge is 0.478 e. The van der Waals surface area contributed by atoms with Gasteiger partial charge >= 0.3 is 5.97 Å². The predicted molar refractivity (Wildman–Crippen MR) is 63.1 cm³/mol. The summed E-state index contributed by atoms with van der Waals surface area (Å²) in [6, 6.07) is 4.53. The van der Waals surface area contributed by atoms with Crippen molar-refractivity contribution in [3.05, 3.63) is 29.3 Å². The molecule has 1 heterocycles. The number of nitrogen functional groups attached to an aromatic ring is 1. The summed E-state index contributed by atoms with van der Waals surface area (Å²) in [7, 11) is 0. The molecule has 18 heavy (non-hydrogen) atoms. The van der Waals surface area contributed by atoms with Crippen molar-refractivity contribution in [3.63, 3.8) is 0 Å². The summed E-state index contributed by atoms with van der Waals surface area (Å²) in [4.78, 5) is 11.1. The number of ether oxygens (including phenoxy) is 1. The molecule has 5 N–H and O–H groups in total. The Balaban J connectivity index is 2.32. The number of hydrogen-bond acceptors (Lipinski definition) is 5. The number of hydrogen-bond donors (Lipinski definition) is 4. The highest BCUT2D eigenvalue weighted by Gasteiger charge is 2.35. The third kappa shape index (κ3) is 2.31. The molecular weight excluding hydrogens is 238 g/mol. The van der Waals surface area contributed by atoms with Crippen molar-refractivity contribution in [2.45, 2.75) is 24.7 Å². The van der Waals surface area contributed by atoms with Gasteiger partial charge in [-0.15, -0.1) is 0 Å². The van der Waals surface area contributed by atoms with Gasteiger partial charge in [0.05, 0.1) is 24.4 Å². The summed E-state index contributed by atoms with van der Waals surface area (Å²) in [5, 5.41) is 27.8. The topological polar surface area (TPSA) is 113 Å². The first kappa shape index (κ1) is 12.8. The van der Waals surface area contributed by atoms with E-state index in [0.717, 1.165) is 0 Å². The Bertz CT molecular complexity index is 462. The lowest BCUT2D eigenvalue weighted by molar-refractivity contribution is -0.0227. The minimum atomic E-state index is -1.09. The fourth-order valence-corrected chi connectivity index (χ4v) is 2.13. The van der Waals surface area contributed by atoms with E-state index in [9.17, 15) is 9.90 Å². The Morgan fingerprint density at radius 1 is 1.50 bits per heavy atom. The fourth-order valence-electron chi connectivity index (χ4n) is 2.13. The van der Waals surface area contributed by atoms with Crippen molar-refractivity contribution >= 4 is 11.7 Å².